The van der Waals surface area contributed by atoms with Gasteiger partial charge in [0.05, 0.1) is 18.4 Å². The second-order valence-corrected chi connectivity index (χ2v) is 7.01. The molecule has 0 aliphatic heterocycles. The van der Waals surface area contributed by atoms with Crippen LogP contribution in [0.5, 0.6) is 0 Å². The summed E-state index contributed by atoms with van der Waals surface area (Å²) in [4.78, 5) is 0. The molecule has 0 saturated heterocycles. The lowest BCUT2D eigenvalue weighted by atomic mass is 10.2. The SMILES string of the molecule is CCC(C)Sc1nnc(-c2ccoc2C)n1Cc1ccccc1. The van der Waals surface area contributed by atoms with Gasteiger partial charge < -0.3 is 4.42 Å². The number of aromatic nitrogens is 3. The zero-order valence-corrected chi connectivity index (χ0v) is 14.5. The maximum absolute atomic E-state index is 5.45. The quantitative estimate of drug-likeness (QED) is 0.611. The number of thioether (sulfide) groups is 1. The van der Waals surface area contributed by atoms with Crippen LogP contribution in [0.2, 0.25) is 0 Å². The van der Waals surface area contributed by atoms with Crippen molar-refractivity contribution in [3.8, 4) is 11.4 Å². The van der Waals surface area contributed by atoms with E-state index >= 15 is 0 Å². The molecule has 5 heteroatoms. The highest BCUT2D eigenvalue weighted by Crippen LogP contribution is 2.30. The summed E-state index contributed by atoms with van der Waals surface area (Å²) in [5.41, 5.74) is 2.24. The van der Waals surface area contributed by atoms with Crippen LogP contribution in [-0.4, -0.2) is 20.0 Å². The van der Waals surface area contributed by atoms with Gasteiger partial charge in [-0.1, -0.05) is 55.9 Å². The van der Waals surface area contributed by atoms with E-state index < -0.39 is 0 Å². The van der Waals surface area contributed by atoms with Gasteiger partial charge in [-0.3, -0.25) is 4.57 Å². The van der Waals surface area contributed by atoms with Gasteiger partial charge in [-0.05, 0) is 25.0 Å². The Morgan fingerprint density at radius 2 is 1.96 bits per heavy atom. The first-order valence-electron chi connectivity index (χ1n) is 7.87. The lowest BCUT2D eigenvalue weighted by molar-refractivity contribution is 0.534. The van der Waals surface area contributed by atoms with Crippen molar-refractivity contribution in [1.82, 2.24) is 14.8 Å². The van der Waals surface area contributed by atoms with E-state index in [0.29, 0.717) is 5.25 Å². The normalized spacial score (nSPS) is 12.5. The zero-order valence-electron chi connectivity index (χ0n) is 13.7. The summed E-state index contributed by atoms with van der Waals surface area (Å²) in [6.07, 6.45) is 2.80. The van der Waals surface area contributed by atoms with E-state index in [0.717, 1.165) is 35.3 Å². The molecular weight excluding hydrogens is 306 g/mol. The van der Waals surface area contributed by atoms with Crippen LogP contribution in [0.3, 0.4) is 0 Å². The van der Waals surface area contributed by atoms with E-state index in [1.165, 1.54) is 5.56 Å². The number of furan rings is 1. The number of aryl methyl sites for hydroxylation is 1. The summed E-state index contributed by atoms with van der Waals surface area (Å²) in [6.45, 7) is 7.12. The van der Waals surface area contributed by atoms with Crippen molar-refractivity contribution >= 4 is 11.8 Å². The number of rotatable bonds is 6. The standard InChI is InChI=1S/C18H21N3OS/c1-4-13(2)23-18-20-19-17(16-10-11-22-14(16)3)21(18)12-15-8-6-5-7-9-15/h5-11,13H,4,12H2,1-3H3. The van der Waals surface area contributed by atoms with Crippen molar-refractivity contribution in [3.05, 3.63) is 54.0 Å². The van der Waals surface area contributed by atoms with Gasteiger partial charge in [-0.15, -0.1) is 10.2 Å². The van der Waals surface area contributed by atoms with Crippen LogP contribution in [0.25, 0.3) is 11.4 Å². The van der Waals surface area contributed by atoms with E-state index in [1.54, 1.807) is 18.0 Å². The monoisotopic (exact) mass is 327 g/mol. The zero-order chi connectivity index (χ0) is 16.2. The highest BCUT2D eigenvalue weighted by molar-refractivity contribution is 7.99. The van der Waals surface area contributed by atoms with Gasteiger partial charge in [0.25, 0.3) is 0 Å². The molecule has 1 unspecified atom stereocenters. The first-order valence-corrected chi connectivity index (χ1v) is 8.75. The molecule has 2 aromatic heterocycles. The second-order valence-electron chi connectivity index (χ2n) is 5.61. The van der Waals surface area contributed by atoms with E-state index in [4.69, 9.17) is 4.42 Å². The summed E-state index contributed by atoms with van der Waals surface area (Å²) in [5.74, 6) is 1.73. The average molecular weight is 327 g/mol. The molecule has 0 radical (unpaired) electrons. The van der Waals surface area contributed by atoms with Crippen LogP contribution >= 0.6 is 11.8 Å². The molecule has 120 valence electrons. The minimum absolute atomic E-state index is 0.507. The van der Waals surface area contributed by atoms with Crippen LogP contribution in [0.1, 0.15) is 31.6 Å². The van der Waals surface area contributed by atoms with Gasteiger partial charge in [0.1, 0.15) is 5.76 Å². The molecule has 1 atom stereocenters. The molecule has 0 fully saturated rings. The van der Waals surface area contributed by atoms with Crippen LogP contribution in [0.4, 0.5) is 0 Å². The molecule has 1 aromatic carbocycles. The molecule has 4 nitrogen and oxygen atoms in total. The third-order valence-electron chi connectivity index (χ3n) is 3.88. The molecule has 23 heavy (non-hydrogen) atoms. The van der Waals surface area contributed by atoms with Gasteiger partial charge in [-0.25, -0.2) is 0 Å². The molecule has 0 bridgehead atoms. The highest BCUT2D eigenvalue weighted by Gasteiger charge is 2.19. The molecule has 0 spiro atoms. The summed E-state index contributed by atoms with van der Waals surface area (Å²) in [5, 5.41) is 10.3. The summed E-state index contributed by atoms with van der Waals surface area (Å²) < 4.78 is 7.63. The molecule has 0 saturated carbocycles. The van der Waals surface area contributed by atoms with Crippen molar-refractivity contribution in [2.75, 3.05) is 0 Å². The lowest BCUT2D eigenvalue weighted by Gasteiger charge is -2.12. The van der Waals surface area contributed by atoms with Crippen molar-refractivity contribution < 1.29 is 4.42 Å². The predicted molar refractivity (Wildman–Crippen MR) is 93.6 cm³/mol. The Bertz CT molecular complexity index is 764. The number of nitrogens with zero attached hydrogens (tertiary/aromatic N) is 3. The third kappa shape index (κ3) is 3.50. The van der Waals surface area contributed by atoms with E-state index in [9.17, 15) is 0 Å². The summed E-state index contributed by atoms with van der Waals surface area (Å²) >= 11 is 1.77. The van der Waals surface area contributed by atoms with Gasteiger partial charge in [0.15, 0.2) is 11.0 Å². The first kappa shape index (κ1) is 15.9. The largest absolute Gasteiger partial charge is 0.469 e. The fourth-order valence-electron chi connectivity index (χ4n) is 2.36. The third-order valence-corrected chi connectivity index (χ3v) is 5.13. The van der Waals surface area contributed by atoms with Gasteiger partial charge in [0.2, 0.25) is 0 Å². The molecule has 0 amide bonds. The van der Waals surface area contributed by atoms with Crippen LogP contribution in [0.15, 0.2) is 52.2 Å². The Morgan fingerprint density at radius 1 is 1.17 bits per heavy atom. The Labute approximate surface area is 140 Å². The van der Waals surface area contributed by atoms with Crippen molar-refractivity contribution in [3.63, 3.8) is 0 Å². The molecule has 3 aromatic rings. The Hall–Kier alpha value is -2.01. The fraction of sp³-hybridized carbons (Fsp3) is 0.333. The molecule has 3 rings (SSSR count). The fourth-order valence-corrected chi connectivity index (χ4v) is 3.26. The Kier molecular flexibility index (Phi) is 4.86. The van der Waals surface area contributed by atoms with Crippen LogP contribution in [0, 0.1) is 6.92 Å². The first-order chi connectivity index (χ1) is 11.2. The lowest BCUT2D eigenvalue weighted by Crippen LogP contribution is -2.06. The van der Waals surface area contributed by atoms with Crippen molar-refractivity contribution in [1.29, 1.82) is 0 Å². The average Bonchev–Trinajstić information content (AvgIpc) is 3.15. The molecule has 0 aliphatic rings. The Morgan fingerprint density at radius 3 is 2.61 bits per heavy atom. The predicted octanol–water partition coefficient (Wildman–Crippen LogP) is 4.79. The molecule has 0 aliphatic carbocycles. The molecule has 0 N–H and O–H groups in total. The maximum atomic E-state index is 5.45. The number of hydrogen-bond acceptors (Lipinski definition) is 4. The minimum Gasteiger partial charge on any atom is -0.469 e. The maximum Gasteiger partial charge on any atom is 0.192 e. The van der Waals surface area contributed by atoms with Crippen LogP contribution < -0.4 is 0 Å². The number of hydrogen-bond donors (Lipinski definition) is 0. The summed E-state index contributed by atoms with van der Waals surface area (Å²) in [7, 11) is 0. The van der Waals surface area contributed by atoms with Crippen molar-refractivity contribution in [2.24, 2.45) is 0 Å². The molecular formula is C18H21N3OS. The van der Waals surface area contributed by atoms with Crippen molar-refractivity contribution in [2.45, 2.75) is 44.1 Å². The topological polar surface area (TPSA) is 43.9 Å². The highest BCUT2D eigenvalue weighted by atomic mass is 32.2. The second kappa shape index (κ2) is 7.04. The van der Waals surface area contributed by atoms with E-state index in [-0.39, 0.29) is 0 Å². The van der Waals surface area contributed by atoms with Crippen LogP contribution in [-0.2, 0) is 6.54 Å². The van der Waals surface area contributed by atoms with Gasteiger partial charge in [-0.2, -0.15) is 0 Å². The minimum atomic E-state index is 0.507. The van der Waals surface area contributed by atoms with Gasteiger partial charge in [0, 0.05) is 5.25 Å². The smallest absolute Gasteiger partial charge is 0.192 e. The molecule has 2 heterocycles. The van der Waals surface area contributed by atoms with E-state index in [1.807, 2.05) is 19.1 Å². The van der Waals surface area contributed by atoms with E-state index in [2.05, 4.69) is 52.9 Å². The summed E-state index contributed by atoms with van der Waals surface area (Å²) in [6, 6.07) is 12.4. The Balaban J connectivity index is 2.01. The van der Waals surface area contributed by atoms with Gasteiger partial charge >= 0.3 is 0 Å². The number of benzene rings is 1.